The highest BCUT2D eigenvalue weighted by Gasteiger charge is 2.18. The summed E-state index contributed by atoms with van der Waals surface area (Å²) in [6, 6.07) is 0. The second kappa shape index (κ2) is 11.2. The molecule has 0 heterocycles. The fourth-order valence-electron chi connectivity index (χ4n) is 2.59. The van der Waals surface area contributed by atoms with Crippen molar-refractivity contribution in [2.75, 3.05) is 32.9 Å². The molecule has 0 aliphatic heterocycles. The topological polar surface area (TPSA) is 61.7 Å². The number of hydrogen-bond acceptors (Lipinski definition) is 4. The van der Waals surface area contributed by atoms with E-state index >= 15 is 0 Å². The average molecular weight is 299 g/mol. The Labute approximate surface area is 129 Å². The highest BCUT2D eigenvalue weighted by molar-refractivity contribution is 4.93. The highest BCUT2D eigenvalue weighted by atomic mass is 16.5. The molecule has 1 rings (SSSR count). The van der Waals surface area contributed by atoms with Crippen molar-refractivity contribution in [3.8, 4) is 0 Å². The molecule has 3 N–H and O–H groups in total. The van der Waals surface area contributed by atoms with Gasteiger partial charge in [-0.15, -0.1) is 0 Å². The van der Waals surface area contributed by atoms with Crippen molar-refractivity contribution in [3.63, 3.8) is 0 Å². The smallest absolute Gasteiger partial charge is 0.0897 e. The molecule has 1 aliphatic rings. The molecule has 21 heavy (non-hydrogen) atoms. The first-order valence-electron chi connectivity index (χ1n) is 8.35. The molecule has 4 unspecified atom stereocenters. The molecule has 0 radical (unpaired) electrons. The van der Waals surface area contributed by atoms with Crippen LogP contribution in [0.25, 0.3) is 0 Å². The van der Waals surface area contributed by atoms with E-state index in [2.05, 4.69) is 24.4 Å². The Balaban J connectivity index is 1.96. The van der Waals surface area contributed by atoms with Gasteiger partial charge in [0.25, 0.3) is 0 Å². The van der Waals surface area contributed by atoms with E-state index in [1.165, 1.54) is 0 Å². The Bertz CT molecular complexity index is 283. The number of ether oxygens (including phenoxy) is 1. The summed E-state index contributed by atoms with van der Waals surface area (Å²) in [5, 5.41) is 22.0. The van der Waals surface area contributed by atoms with Gasteiger partial charge in [0.1, 0.15) is 0 Å². The largest absolute Gasteiger partial charge is 0.396 e. The van der Waals surface area contributed by atoms with E-state index in [1.54, 1.807) is 0 Å². The van der Waals surface area contributed by atoms with Gasteiger partial charge in [-0.25, -0.2) is 0 Å². The van der Waals surface area contributed by atoms with Gasteiger partial charge in [0.15, 0.2) is 0 Å². The Hall–Kier alpha value is -0.420. The zero-order valence-corrected chi connectivity index (χ0v) is 13.6. The fraction of sp³-hybridized carbons (Fsp3) is 0.882. The Kier molecular flexibility index (Phi) is 9.92. The molecule has 0 saturated carbocycles. The van der Waals surface area contributed by atoms with E-state index in [0.29, 0.717) is 30.9 Å². The van der Waals surface area contributed by atoms with Gasteiger partial charge in [-0.05, 0) is 50.0 Å². The molecule has 4 nitrogen and oxygen atoms in total. The minimum atomic E-state index is -0.435. The first-order chi connectivity index (χ1) is 10.1. The summed E-state index contributed by atoms with van der Waals surface area (Å²) in [5.41, 5.74) is 0. The normalized spacial score (nSPS) is 25.0. The number of aliphatic hydroxyl groups is 2. The van der Waals surface area contributed by atoms with Crippen LogP contribution in [0.4, 0.5) is 0 Å². The van der Waals surface area contributed by atoms with Gasteiger partial charge in [0.2, 0.25) is 0 Å². The summed E-state index contributed by atoms with van der Waals surface area (Å²) in [7, 11) is 0. The third-order valence-corrected chi connectivity index (χ3v) is 4.30. The first kappa shape index (κ1) is 18.6. The highest BCUT2D eigenvalue weighted by Crippen LogP contribution is 2.24. The summed E-state index contributed by atoms with van der Waals surface area (Å²) < 4.78 is 5.66. The lowest BCUT2D eigenvalue weighted by Gasteiger charge is -2.25. The molecule has 4 atom stereocenters. The molecule has 4 heteroatoms. The van der Waals surface area contributed by atoms with Crippen LogP contribution in [0.3, 0.4) is 0 Å². The van der Waals surface area contributed by atoms with Crippen molar-refractivity contribution in [1.29, 1.82) is 0 Å². The van der Waals surface area contributed by atoms with Crippen LogP contribution in [0, 0.1) is 17.8 Å². The maximum atomic E-state index is 9.86. The van der Waals surface area contributed by atoms with Crippen molar-refractivity contribution in [3.05, 3.63) is 12.2 Å². The minimum absolute atomic E-state index is 0.255. The van der Waals surface area contributed by atoms with E-state index in [4.69, 9.17) is 9.84 Å². The third kappa shape index (κ3) is 8.57. The van der Waals surface area contributed by atoms with Crippen LogP contribution >= 0.6 is 0 Å². The zero-order chi connectivity index (χ0) is 15.5. The zero-order valence-electron chi connectivity index (χ0n) is 13.6. The summed E-state index contributed by atoms with van der Waals surface area (Å²) in [4.78, 5) is 0. The van der Waals surface area contributed by atoms with Gasteiger partial charge in [0, 0.05) is 13.2 Å². The van der Waals surface area contributed by atoms with Gasteiger partial charge in [-0.3, -0.25) is 0 Å². The van der Waals surface area contributed by atoms with Crippen molar-refractivity contribution in [2.45, 2.75) is 45.6 Å². The molecule has 0 spiro atoms. The fourth-order valence-corrected chi connectivity index (χ4v) is 2.59. The van der Waals surface area contributed by atoms with Gasteiger partial charge in [0.05, 0.1) is 19.3 Å². The van der Waals surface area contributed by atoms with E-state index in [0.717, 1.165) is 38.8 Å². The van der Waals surface area contributed by atoms with E-state index in [-0.39, 0.29) is 6.61 Å². The molecular weight excluding hydrogens is 266 g/mol. The van der Waals surface area contributed by atoms with Crippen LogP contribution in [0.15, 0.2) is 12.2 Å². The first-order valence-corrected chi connectivity index (χ1v) is 8.35. The van der Waals surface area contributed by atoms with Gasteiger partial charge in [-0.2, -0.15) is 0 Å². The summed E-state index contributed by atoms with van der Waals surface area (Å²) >= 11 is 0. The second-order valence-electron chi connectivity index (χ2n) is 6.51. The standard InChI is InChI=1S/C17H33NO3/c1-14(11-19)6-5-9-18-10-17(20)13-21-12-16-8-4-3-7-15(16)2/h3-4,14-20H,5-13H2,1-2H3. The minimum Gasteiger partial charge on any atom is -0.396 e. The van der Waals surface area contributed by atoms with Crippen LogP contribution in [-0.4, -0.2) is 49.2 Å². The lowest BCUT2D eigenvalue weighted by molar-refractivity contribution is 0.0129. The predicted octanol–water partition coefficient (Wildman–Crippen LogP) is 1.96. The Morgan fingerprint density at radius 2 is 2.10 bits per heavy atom. The molecule has 0 saturated heterocycles. The van der Waals surface area contributed by atoms with Crippen LogP contribution in [-0.2, 0) is 4.74 Å². The maximum absolute atomic E-state index is 9.86. The number of nitrogens with one attached hydrogen (secondary N) is 1. The van der Waals surface area contributed by atoms with Gasteiger partial charge >= 0.3 is 0 Å². The van der Waals surface area contributed by atoms with Crippen molar-refractivity contribution in [2.24, 2.45) is 17.8 Å². The van der Waals surface area contributed by atoms with Crippen molar-refractivity contribution < 1.29 is 14.9 Å². The van der Waals surface area contributed by atoms with E-state index in [9.17, 15) is 5.11 Å². The molecular formula is C17H33NO3. The monoisotopic (exact) mass is 299 g/mol. The lowest BCUT2D eigenvalue weighted by atomic mass is 9.85. The molecule has 0 aromatic carbocycles. The maximum Gasteiger partial charge on any atom is 0.0897 e. The molecule has 124 valence electrons. The van der Waals surface area contributed by atoms with Crippen LogP contribution in [0.1, 0.15) is 39.5 Å². The third-order valence-electron chi connectivity index (χ3n) is 4.30. The Morgan fingerprint density at radius 3 is 2.81 bits per heavy atom. The lowest BCUT2D eigenvalue weighted by Crippen LogP contribution is -2.32. The van der Waals surface area contributed by atoms with E-state index < -0.39 is 6.10 Å². The summed E-state index contributed by atoms with van der Waals surface area (Å²) in [6.07, 6.45) is 8.33. The number of allylic oxidation sites excluding steroid dienone is 2. The van der Waals surface area contributed by atoms with Crippen LogP contribution in [0.5, 0.6) is 0 Å². The molecule has 1 aliphatic carbocycles. The number of rotatable bonds is 11. The van der Waals surface area contributed by atoms with E-state index in [1.807, 2.05) is 6.92 Å². The molecule has 0 fully saturated rings. The van der Waals surface area contributed by atoms with Gasteiger partial charge in [-0.1, -0.05) is 26.0 Å². The average Bonchev–Trinajstić information content (AvgIpc) is 2.48. The van der Waals surface area contributed by atoms with Gasteiger partial charge < -0.3 is 20.3 Å². The number of aliphatic hydroxyl groups excluding tert-OH is 2. The summed E-state index contributed by atoms with van der Waals surface area (Å²) in [5.74, 6) is 1.64. The van der Waals surface area contributed by atoms with Crippen molar-refractivity contribution >= 4 is 0 Å². The number of hydrogen-bond donors (Lipinski definition) is 3. The Morgan fingerprint density at radius 1 is 1.33 bits per heavy atom. The molecule has 0 aromatic heterocycles. The quantitative estimate of drug-likeness (QED) is 0.403. The SMILES string of the molecule is CC(CO)CCCNCC(O)COCC1CC=CCC1C. The second-order valence-corrected chi connectivity index (χ2v) is 6.51. The molecule has 0 aromatic rings. The van der Waals surface area contributed by atoms with Crippen molar-refractivity contribution in [1.82, 2.24) is 5.32 Å². The molecule has 0 bridgehead atoms. The predicted molar refractivity (Wildman–Crippen MR) is 86.2 cm³/mol. The molecule has 0 amide bonds. The summed E-state index contributed by atoms with van der Waals surface area (Å²) in [6.45, 7) is 7.18. The van der Waals surface area contributed by atoms with Crippen LogP contribution in [0.2, 0.25) is 0 Å². The van der Waals surface area contributed by atoms with Crippen LogP contribution < -0.4 is 5.32 Å².